The van der Waals surface area contributed by atoms with Gasteiger partial charge in [0.2, 0.25) is 0 Å². The predicted molar refractivity (Wildman–Crippen MR) is 127 cm³/mol. The molecule has 0 amide bonds. The minimum atomic E-state index is 0.240. The Balaban J connectivity index is 3.01. The average Bonchev–Trinajstić information content (AvgIpc) is 2.78. The fraction of sp³-hybridized carbons (Fsp3) is 1.00. The van der Waals surface area contributed by atoms with Crippen molar-refractivity contribution >= 4 is 0 Å². The highest BCUT2D eigenvalue weighted by Crippen LogP contribution is 1.98. The van der Waals surface area contributed by atoms with Crippen LogP contribution >= 0.6 is 0 Å². The molecule has 0 aliphatic rings. The summed E-state index contributed by atoms with van der Waals surface area (Å²) in [5, 5.41) is 0. The van der Waals surface area contributed by atoms with E-state index >= 15 is 0 Å². The summed E-state index contributed by atoms with van der Waals surface area (Å²) in [5.74, 6) is 0.676. The summed E-state index contributed by atoms with van der Waals surface area (Å²) in [4.78, 5) is 0. The van der Waals surface area contributed by atoms with Crippen LogP contribution in [0, 0.1) is 5.92 Å². The maximum absolute atomic E-state index is 5.48. The molecule has 0 rings (SSSR count). The van der Waals surface area contributed by atoms with Crippen LogP contribution in [-0.2, 0) is 42.6 Å². The van der Waals surface area contributed by atoms with Crippen molar-refractivity contribution in [3.8, 4) is 0 Å². The van der Waals surface area contributed by atoms with Crippen molar-refractivity contribution in [2.24, 2.45) is 5.92 Å². The Bertz CT molecular complexity index is 325. The van der Waals surface area contributed by atoms with Gasteiger partial charge in [-0.3, -0.25) is 0 Å². The molecule has 0 unspecified atom stereocenters. The van der Waals surface area contributed by atoms with Gasteiger partial charge in [0, 0.05) is 6.61 Å². The molecular formula is C24H50O9. The maximum atomic E-state index is 5.48. The van der Waals surface area contributed by atoms with Crippen LogP contribution in [0.1, 0.15) is 34.1 Å². The highest BCUT2D eigenvalue weighted by Gasteiger charge is 1.97. The van der Waals surface area contributed by atoms with Gasteiger partial charge in [-0.25, -0.2) is 0 Å². The van der Waals surface area contributed by atoms with E-state index in [9.17, 15) is 0 Å². The van der Waals surface area contributed by atoms with Crippen molar-refractivity contribution in [2.75, 3.05) is 112 Å². The number of hydrogen-bond acceptors (Lipinski definition) is 9. The Morgan fingerprint density at radius 2 is 0.576 bits per heavy atom. The van der Waals surface area contributed by atoms with Gasteiger partial charge in [0.15, 0.2) is 0 Å². The van der Waals surface area contributed by atoms with E-state index in [1.54, 1.807) is 0 Å². The van der Waals surface area contributed by atoms with Crippen molar-refractivity contribution < 1.29 is 42.6 Å². The van der Waals surface area contributed by atoms with Gasteiger partial charge in [-0.05, 0) is 26.2 Å². The first-order valence-corrected chi connectivity index (χ1v) is 12.4. The van der Waals surface area contributed by atoms with E-state index in [2.05, 4.69) is 13.8 Å². The minimum absolute atomic E-state index is 0.240. The quantitative estimate of drug-likeness (QED) is 0.156. The molecule has 0 aromatic rings. The topological polar surface area (TPSA) is 83.1 Å². The Labute approximate surface area is 201 Å². The van der Waals surface area contributed by atoms with Crippen LogP contribution in [0.5, 0.6) is 0 Å². The number of ether oxygens (including phenoxy) is 9. The Hall–Kier alpha value is -0.360. The Kier molecular flexibility index (Phi) is 27.6. The molecule has 0 saturated heterocycles. The van der Waals surface area contributed by atoms with Gasteiger partial charge in [-0.15, -0.1) is 0 Å². The molecule has 0 aromatic carbocycles. The third-order valence-electron chi connectivity index (χ3n) is 4.12. The molecule has 0 bridgehead atoms. The standard InChI is InChI=1S/C24H50O9/c1-23(2)5-6-25-7-8-26-9-10-27-11-12-28-13-14-29-15-16-30-17-18-31-19-20-32-21-22-33-24(3)4/h23-24H,5-22H2,1-4H3. The van der Waals surface area contributed by atoms with Crippen LogP contribution in [0.15, 0.2) is 0 Å². The first kappa shape index (κ1) is 32.6. The SMILES string of the molecule is CC(C)CCOCCOCCOCCOCCOCCOCCOCCOCCOC(C)C. The largest absolute Gasteiger partial charge is 0.379 e. The normalized spacial score (nSPS) is 11.8. The molecule has 0 aromatic heterocycles. The first-order chi connectivity index (χ1) is 16.1. The third kappa shape index (κ3) is 31.6. The summed E-state index contributed by atoms with van der Waals surface area (Å²) >= 11 is 0. The van der Waals surface area contributed by atoms with Gasteiger partial charge in [0.1, 0.15) is 0 Å². The fourth-order valence-corrected chi connectivity index (χ4v) is 2.30. The molecule has 0 fully saturated rings. The summed E-state index contributed by atoms with van der Waals surface area (Å²) in [7, 11) is 0. The molecule has 9 heteroatoms. The predicted octanol–water partition coefficient (Wildman–Crippen LogP) is 2.59. The van der Waals surface area contributed by atoms with Gasteiger partial charge >= 0.3 is 0 Å². The van der Waals surface area contributed by atoms with Gasteiger partial charge in [-0.1, -0.05) is 13.8 Å². The molecule has 0 saturated carbocycles. The smallest absolute Gasteiger partial charge is 0.0703 e. The van der Waals surface area contributed by atoms with Gasteiger partial charge < -0.3 is 42.6 Å². The third-order valence-corrected chi connectivity index (χ3v) is 4.12. The molecule has 0 spiro atoms. The van der Waals surface area contributed by atoms with Crippen LogP contribution in [0.25, 0.3) is 0 Å². The van der Waals surface area contributed by atoms with Crippen LogP contribution < -0.4 is 0 Å². The van der Waals surface area contributed by atoms with E-state index < -0.39 is 0 Å². The van der Waals surface area contributed by atoms with E-state index in [1.807, 2.05) is 13.8 Å². The highest BCUT2D eigenvalue weighted by molar-refractivity contribution is 4.43. The molecule has 0 radical (unpaired) electrons. The van der Waals surface area contributed by atoms with Crippen molar-refractivity contribution in [1.82, 2.24) is 0 Å². The minimum Gasteiger partial charge on any atom is -0.379 e. The summed E-state index contributed by atoms with van der Waals surface area (Å²) in [6.45, 7) is 18.2. The highest BCUT2D eigenvalue weighted by atomic mass is 16.6. The molecule has 0 atom stereocenters. The first-order valence-electron chi connectivity index (χ1n) is 12.4. The second kappa shape index (κ2) is 27.9. The van der Waals surface area contributed by atoms with Crippen LogP contribution in [0.4, 0.5) is 0 Å². The molecule has 0 N–H and O–H groups in total. The Morgan fingerprint density at radius 3 is 0.818 bits per heavy atom. The lowest BCUT2D eigenvalue weighted by molar-refractivity contribution is -0.0269. The van der Waals surface area contributed by atoms with E-state index in [4.69, 9.17) is 42.6 Å². The lowest BCUT2D eigenvalue weighted by Gasteiger charge is -2.09. The molecule has 200 valence electrons. The van der Waals surface area contributed by atoms with Crippen molar-refractivity contribution in [3.63, 3.8) is 0 Å². The van der Waals surface area contributed by atoms with Gasteiger partial charge in [0.25, 0.3) is 0 Å². The second-order valence-electron chi connectivity index (χ2n) is 8.00. The lowest BCUT2D eigenvalue weighted by Crippen LogP contribution is -2.15. The van der Waals surface area contributed by atoms with Gasteiger partial charge in [-0.2, -0.15) is 0 Å². The maximum Gasteiger partial charge on any atom is 0.0703 e. The summed E-state index contributed by atoms with van der Waals surface area (Å²) < 4.78 is 48.9. The molecule has 9 nitrogen and oxygen atoms in total. The molecule has 0 heterocycles. The number of hydrogen-bond donors (Lipinski definition) is 0. The molecular weight excluding hydrogens is 432 g/mol. The van der Waals surface area contributed by atoms with Crippen LogP contribution in [0.2, 0.25) is 0 Å². The fourth-order valence-electron chi connectivity index (χ4n) is 2.30. The zero-order valence-corrected chi connectivity index (χ0v) is 21.6. The lowest BCUT2D eigenvalue weighted by atomic mass is 10.1. The number of rotatable bonds is 28. The van der Waals surface area contributed by atoms with E-state index in [0.717, 1.165) is 13.0 Å². The van der Waals surface area contributed by atoms with Crippen molar-refractivity contribution in [2.45, 2.75) is 40.2 Å². The Morgan fingerprint density at radius 1 is 0.333 bits per heavy atom. The molecule has 0 aliphatic heterocycles. The van der Waals surface area contributed by atoms with Crippen LogP contribution in [0.3, 0.4) is 0 Å². The molecule has 0 aliphatic carbocycles. The second-order valence-corrected chi connectivity index (χ2v) is 8.00. The zero-order chi connectivity index (χ0) is 24.2. The monoisotopic (exact) mass is 482 g/mol. The van der Waals surface area contributed by atoms with Crippen molar-refractivity contribution in [3.05, 3.63) is 0 Å². The summed E-state index contributed by atoms with van der Waals surface area (Å²) in [6, 6.07) is 0. The average molecular weight is 483 g/mol. The van der Waals surface area contributed by atoms with Crippen LogP contribution in [-0.4, -0.2) is 118 Å². The van der Waals surface area contributed by atoms with Gasteiger partial charge in [0.05, 0.1) is 112 Å². The van der Waals surface area contributed by atoms with E-state index in [-0.39, 0.29) is 6.10 Å². The summed E-state index contributed by atoms with van der Waals surface area (Å²) in [5.41, 5.74) is 0. The zero-order valence-electron chi connectivity index (χ0n) is 21.6. The van der Waals surface area contributed by atoms with E-state index in [0.29, 0.717) is 112 Å². The summed E-state index contributed by atoms with van der Waals surface area (Å²) in [6.07, 6.45) is 1.33. The molecule has 33 heavy (non-hydrogen) atoms. The van der Waals surface area contributed by atoms with Crippen molar-refractivity contribution in [1.29, 1.82) is 0 Å². The van der Waals surface area contributed by atoms with E-state index in [1.165, 1.54) is 0 Å².